The largest absolute Gasteiger partial charge is 0.471 e. The number of ether oxygens (including phenoxy) is 1. The number of methoxy groups -OCH3 is 1. The number of esters is 1. The summed E-state index contributed by atoms with van der Waals surface area (Å²) in [5.74, 6) is -4.19. The average molecular weight is 365 g/mol. The Kier molecular flexibility index (Phi) is 4.75. The van der Waals surface area contributed by atoms with Gasteiger partial charge in [0.25, 0.3) is 0 Å². The lowest BCUT2D eigenvalue weighted by molar-refractivity contribution is -0.175. The van der Waals surface area contributed by atoms with Gasteiger partial charge in [0.05, 0.1) is 7.11 Å². The van der Waals surface area contributed by atoms with E-state index >= 15 is 0 Å². The molecule has 24 heavy (non-hydrogen) atoms. The number of rotatable bonds is 4. The van der Waals surface area contributed by atoms with E-state index in [1.54, 1.807) is 18.2 Å². The molecule has 1 aliphatic heterocycles. The molecule has 0 saturated carbocycles. The zero-order chi connectivity index (χ0) is 18.1. The van der Waals surface area contributed by atoms with Gasteiger partial charge in [-0.25, -0.2) is 4.79 Å². The van der Waals surface area contributed by atoms with Crippen LogP contribution in [0.25, 0.3) is 0 Å². The Bertz CT molecular complexity index is 695. The highest BCUT2D eigenvalue weighted by Crippen LogP contribution is 2.44. The van der Waals surface area contributed by atoms with Crippen molar-refractivity contribution in [2.24, 2.45) is 0 Å². The number of nitrogens with one attached hydrogen (secondary N) is 2. The summed E-state index contributed by atoms with van der Waals surface area (Å²) < 4.78 is 41.7. The van der Waals surface area contributed by atoms with E-state index < -0.39 is 41.3 Å². The van der Waals surface area contributed by atoms with E-state index in [1.165, 1.54) is 11.4 Å². The van der Waals surface area contributed by atoms with Crippen LogP contribution < -0.4 is 10.6 Å². The zero-order valence-electron chi connectivity index (χ0n) is 12.2. The van der Waals surface area contributed by atoms with E-state index in [9.17, 15) is 27.6 Å². The summed E-state index contributed by atoms with van der Waals surface area (Å²) in [6.45, 7) is 0. The Balaban J connectivity index is 2.31. The first-order valence-electron chi connectivity index (χ1n) is 6.65. The number of amides is 2. The summed E-state index contributed by atoms with van der Waals surface area (Å²) in [5, 5.41) is 3.98. The van der Waals surface area contributed by atoms with Gasteiger partial charge in [-0.05, 0) is 6.07 Å². The highest BCUT2D eigenvalue weighted by Gasteiger charge is 2.49. The molecule has 1 aliphatic rings. The first-order valence-corrected chi connectivity index (χ1v) is 7.03. The lowest BCUT2D eigenvalue weighted by Crippen LogP contribution is -2.50. The van der Waals surface area contributed by atoms with Crippen molar-refractivity contribution in [1.82, 2.24) is 5.32 Å². The van der Waals surface area contributed by atoms with Gasteiger partial charge in [-0.1, -0.05) is 18.2 Å². The number of carbonyl (C=O) groups is 3. The first kappa shape index (κ1) is 18.1. The molecule has 1 aromatic carbocycles. The lowest BCUT2D eigenvalue weighted by atomic mass is 9.92. The number of anilines is 1. The number of benzene rings is 1. The summed E-state index contributed by atoms with van der Waals surface area (Å²) in [4.78, 5) is 33.2. The van der Waals surface area contributed by atoms with E-state index in [4.69, 9.17) is 11.6 Å². The van der Waals surface area contributed by atoms with Crippen LogP contribution in [0, 0.1) is 0 Å². The van der Waals surface area contributed by atoms with E-state index in [1.807, 2.05) is 0 Å². The zero-order valence-corrected chi connectivity index (χ0v) is 13.0. The molecule has 0 saturated heterocycles. The molecular weight excluding hydrogens is 353 g/mol. The second kappa shape index (κ2) is 6.31. The maximum absolute atomic E-state index is 12.4. The van der Waals surface area contributed by atoms with Gasteiger partial charge in [0, 0.05) is 17.7 Å². The summed E-state index contributed by atoms with van der Waals surface area (Å²) >= 11 is 6.29. The third-order valence-corrected chi connectivity index (χ3v) is 4.03. The third-order valence-electron chi connectivity index (χ3n) is 3.50. The Labute approximate surface area is 139 Å². The number of alkyl halides is 4. The fourth-order valence-corrected chi connectivity index (χ4v) is 2.71. The van der Waals surface area contributed by atoms with Crippen molar-refractivity contribution in [3.63, 3.8) is 0 Å². The fourth-order valence-electron chi connectivity index (χ4n) is 2.34. The van der Waals surface area contributed by atoms with Gasteiger partial charge in [0.2, 0.25) is 5.91 Å². The Morgan fingerprint density at radius 2 is 2.00 bits per heavy atom. The minimum Gasteiger partial charge on any atom is -0.467 e. The average Bonchev–Trinajstić information content (AvgIpc) is 2.76. The highest BCUT2D eigenvalue weighted by atomic mass is 35.5. The Morgan fingerprint density at radius 3 is 2.58 bits per heavy atom. The summed E-state index contributed by atoms with van der Waals surface area (Å²) in [6.07, 6.45) is -5.80. The van der Waals surface area contributed by atoms with Crippen molar-refractivity contribution in [1.29, 1.82) is 0 Å². The molecule has 2 atom stereocenters. The van der Waals surface area contributed by atoms with Gasteiger partial charge in [0.1, 0.15) is 6.04 Å². The molecule has 2 N–H and O–H groups in total. The molecule has 2 amide bonds. The van der Waals surface area contributed by atoms with Gasteiger partial charge in [-0.3, -0.25) is 9.59 Å². The van der Waals surface area contributed by atoms with Crippen LogP contribution >= 0.6 is 11.6 Å². The molecule has 2 unspecified atom stereocenters. The van der Waals surface area contributed by atoms with Gasteiger partial charge in [-0.2, -0.15) is 13.2 Å². The van der Waals surface area contributed by atoms with Crippen molar-refractivity contribution >= 4 is 35.1 Å². The molecule has 2 rings (SSSR count). The van der Waals surface area contributed by atoms with Crippen molar-refractivity contribution in [2.45, 2.75) is 23.5 Å². The van der Waals surface area contributed by atoms with Gasteiger partial charge in [-0.15, -0.1) is 11.6 Å². The maximum Gasteiger partial charge on any atom is 0.471 e. The normalized spacial score (nSPS) is 20.8. The standard InChI is InChI=1S/C14H12ClF3N2O4/c1-24-10(21)9(20-12(23)14(16,17)18)6-13(15)7-4-2-3-5-8(7)19-11(13)22/h2-5,9H,6H2,1H3,(H,19,22)(H,20,23). The topological polar surface area (TPSA) is 84.5 Å². The predicted molar refractivity (Wildman–Crippen MR) is 77.2 cm³/mol. The van der Waals surface area contributed by atoms with Crippen LogP contribution in [0.1, 0.15) is 12.0 Å². The fraction of sp³-hybridized carbons (Fsp3) is 0.357. The smallest absolute Gasteiger partial charge is 0.467 e. The van der Waals surface area contributed by atoms with Crippen molar-refractivity contribution in [2.75, 3.05) is 12.4 Å². The molecule has 0 aliphatic carbocycles. The minimum absolute atomic E-state index is 0.298. The molecule has 0 fully saturated rings. The second-order valence-corrected chi connectivity index (χ2v) is 5.70. The number of hydrogen-bond donors (Lipinski definition) is 2. The van der Waals surface area contributed by atoms with E-state index in [0.29, 0.717) is 11.3 Å². The second-order valence-electron chi connectivity index (χ2n) is 5.05. The van der Waals surface area contributed by atoms with E-state index in [-0.39, 0.29) is 0 Å². The molecule has 0 aromatic heterocycles. The van der Waals surface area contributed by atoms with Crippen LogP contribution in [0.4, 0.5) is 18.9 Å². The molecule has 10 heteroatoms. The quantitative estimate of drug-likeness (QED) is 0.629. The minimum atomic E-state index is -5.19. The number of hydrogen-bond acceptors (Lipinski definition) is 4. The molecule has 0 bridgehead atoms. The number of halogens is 4. The van der Waals surface area contributed by atoms with Crippen molar-refractivity contribution in [3.8, 4) is 0 Å². The SMILES string of the molecule is COC(=O)C(CC1(Cl)C(=O)Nc2ccccc21)NC(=O)C(F)(F)F. The van der Waals surface area contributed by atoms with Crippen LogP contribution in [-0.4, -0.2) is 37.1 Å². The van der Waals surface area contributed by atoms with Gasteiger partial charge in [0.15, 0.2) is 4.87 Å². The van der Waals surface area contributed by atoms with Crippen LogP contribution in [-0.2, 0) is 24.0 Å². The summed E-state index contributed by atoms with van der Waals surface area (Å²) in [7, 11) is 0.943. The Morgan fingerprint density at radius 1 is 1.38 bits per heavy atom. The van der Waals surface area contributed by atoms with Crippen molar-refractivity contribution in [3.05, 3.63) is 29.8 Å². The molecule has 1 heterocycles. The summed E-state index contributed by atoms with van der Waals surface area (Å²) in [6, 6.07) is 4.51. The molecule has 1 aromatic rings. The molecule has 0 spiro atoms. The van der Waals surface area contributed by atoms with Gasteiger partial charge >= 0.3 is 18.1 Å². The molecule has 130 valence electrons. The van der Waals surface area contributed by atoms with Crippen molar-refractivity contribution < 1.29 is 32.3 Å². The monoisotopic (exact) mass is 364 g/mol. The predicted octanol–water partition coefficient (Wildman–Crippen LogP) is 1.68. The first-order chi connectivity index (χ1) is 11.1. The lowest BCUT2D eigenvalue weighted by Gasteiger charge is -2.25. The molecule has 6 nitrogen and oxygen atoms in total. The van der Waals surface area contributed by atoms with E-state index in [0.717, 1.165) is 7.11 Å². The van der Waals surface area contributed by atoms with Crippen LogP contribution in [0.2, 0.25) is 0 Å². The maximum atomic E-state index is 12.4. The number of para-hydroxylation sites is 1. The Hall–Kier alpha value is -2.29. The van der Waals surface area contributed by atoms with Crippen LogP contribution in [0.15, 0.2) is 24.3 Å². The van der Waals surface area contributed by atoms with Gasteiger partial charge < -0.3 is 15.4 Å². The summed E-state index contributed by atoms with van der Waals surface area (Å²) in [5.41, 5.74) is 0.676. The molecule has 0 radical (unpaired) electrons. The number of fused-ring (bicyclic) bond motifs is 1. The number of carbonyl (C=O) groups excluding carboxylic acids is 3. The van der Waals surface area contributed by atoms with E-state index in [2.05, 4.69) is 10.1 Å². The van der Waals surface area contributed by atoms with Crippen LogP contribution in [0.5, 0.6) is 0 Å². The van der Waals surface area contributed by atoms with Crippen LogP contribution in [0.3, 0.4) is 0 Å². The highest BCUT2D eigenvalue weighted by molar-refractivity contribution is 6.39. The third kappa shape index (κ3) is 3.30. The molecular formula is C14H12ClF3N2O4.